The van der Waals surface area contributed by atoms with Crippen molar-refractivity contribution < 1.29 is 41.0 Å². The number of halogens is 3. The molecule has 14 heteroatoms. The first-order valence-corrected chi connectivity index (χ1v) is 11.6. The smallest absolute Gasteiger partial charge is 0.416 e. The van der Waals surface area contributed by atoms with Crippen LogP contribution in [-0.4, -0.2) is 48.3 Å². The van der Waals surface area contributed by atoms with Gasteiger partial charge >= 0.3 is 12.1 Å². The minimum absolute atomic E-state index is 0.0215. The Morgan fingerprint density at radius 2 is 1.80 bits per heavy atom. The second-order valence-corrected chi connectivity index (χ2v) is 9.15. The van der Waals surface area contributed by atoms with Crippen LogP contribution in [0.4, 0.5) is 24.5 Å². The van der Waals surface area contributed by atoms with Gasteiger partial charge in [-0.2, -0.15) is 13.2 Å². The summed E-state index contributed by atoms with van der Waals surface area (Å²) in [5.41, 5.74) is -1.28. The van der Waals surface area contributed by atoms with Crippen molar-refractivity contribution in [3.8, 4) is 11.4 Å². The number of benzene rings is 2. The number of anilines is 2. The van der Waals surface area contributed by atoms with Gasteiger partial charge in [0.1, 0.15) is 6.33 Å². The zero-order valence-corrected chi connectivity index (χ0v) is 19.3. The van der Waals surface area contributed by atoms with Crippen molar-refractivity contribution in [1.82, 2.24) is 9.55 Å². The second kappa shape index (κ2) is 9.29. The van der Waals surface area contributed by atoms with Crippen LogP contribution in [0.3, 0.4) is 0 Å². The van der Waals surface area contributed by atoms with E-state index in [0.29, 0.717) is 23.4 Å². The fraction of sp³-hybridized carbons (Fsp3) is 0.190. The summed E-state index contributed by atoms with van der Waals surface area (Å²) < 4.78 is 72.0. The molecule has 0 spiro atoms. The molecule has 1 heterocycles. The standard InChI is InChI=1S/C21H19F3N4O6S/c1-11-4-5-12(6-17(11)28-9-16(20(30)31)25-10-28)19(29)26-14-7-13(21(22,23)24)8-15(18(14)34-2)27-35(3,32)33/h4-10,27H,1-3H3,(H,26,29)(H,30,31). The maximum atomic E-state index is 13.4. The Bertz CT molecular complexity index is 1420. The number of nitrogens with one attached hydrogen (secondary N) is 2. The van der Waals surface area contributed by atoms with Crippen molar-refractivity contribution in [3.63, 3.8) is 0 Å². The lowest BCUT2D eigenvalue weighted by atomic mass is 10.1. The Morgan fingerprint density at radius 1 is 1.14 bits per heavy atom. The number of ether oxygens (including phenoxy) is 1. The number of alkyl halides is 3. The number of aromatic carboxylic acids is 1. The van der Waals surface area contributed by atoms with Gasteiger partial charge in [0.25, 0.3) is 5.91 Å². The van der Waals surface area contributed by atoms with E-state index in [-0.39, 0.29) is 17.0 Å². The van der Waals surface area contributed by atoms with E-state index in [1.54, 1.807) is 13.0 Å². The highest BCUT2D eigenvalue weighted by atomic mass is 32.2. The number of sulfonamides is 1. The molecule has 0 atom stereocenters. The van der Waals surface area contributed by atoms with E-state index in [1.165, 1.54) is 29.2 Å². The lowest BCUT2D eigenvalue weighted by Gasteiger charge is -2.18. The molecule has 1 aromatic heterocycles. The van der Waals surface area contributed by atoms with E-state index >= 15 is 0 Å². The largest absolute Gasteiger partial charge is 0.492 e. The molecule has 3 N–H and O–H groups in total. The molecule has 186 valence electrons. The molecule has 10 nitrogen and oxygen atoms in total. The second-order valence-electron chi connectivity index (χ2n) is 7.40. The molecule has 35 heavy (non-hydrogen) atoms. The zero-order chi connectivity index (χ0) is 26.1. The van der Waals surface area contributed by atoms with E-state index in [0.717, 1.165) is 13.4 Å². The molecule has 0 unspecified atom stereocenters. The number of nitrogens with zero attached hydrogens (tertiary/aromatic N) is 2. The number of carbonyl (C=O) groups is 2. The first-order chi connectivity index (χ1) is 16.2. The number of aryl methyl sites for hydroxylation is 1. The summed E-state index contributed by atoms with van der Waals surface area (Å²) in [5.74, 6) is -2.40. The van der Waals surface area contributed by atoms with E-state index < -0.39 is 45.0 Å². The first kappa shape index (κ1) is 25.6. The summed E-state index contributed by atoms with van der Waals surface area (Å²) in [5, 5.41) is 11.4. The number of hydrogen-bond acceptors (Lipinski definition) is 6. The third-order valence-electron chi connectivity index (χ3n) is 4.72. The van der Waals surface area contributed by atoms with Gasteiger partial charge in [0, 0.05) is 11.8 Å². The van der Waals surface area contributed by atoms with Crippen molar-refractivity contribution in [1.29, 1.82) is 0 Å². The van der Waals surface area contributed by atoms with Crippen LogP contribution < -0.4 is 14.8 Å². The topological polar surface area (TPSA) is 140 Å². The number of amides is 1. The quantitative estimate of drug-likeness (QED) is 0.440. The molecule has 2 aromatic carbocycles. The molecule has 0 saturated carbocycles. The number of aromatic nitrogens is 2. The molecule has 1 amide bonds. The molecular formula is C21H19F3N4O6S. The van der Waals surface area contributed by atoms with Gasteiger partial charge in [0.2, 0.25) is 10.0 Å². The Kier molecular flexibility index (Phi) is 6.78. The van der Waals surface area contributed by atoms with Gasteiger partial charge in [-0.3, -0.25) is 9.52 Å². The van der Waals surface area contributed by atoms with Crippen LogP contribution in [0.1, 0.15) is 32.0 Å². The molecule has 0 fully saturated rings. The summed E-state index contributed by atoms with van der Waals surface area (Å²) in [6.07, 6.45) is -1.61. The Labute approximate surface area is 197 Å². The molecule has 0 aliphatic rings. The lowest BCUT2D eigenvalue weighted by Crippen LogP contribution is -2.17. The Morgan fingerprint density at radius 3 is 2.34 bits per heavy atom. The predicted molar refractivity (Wildman–Crippen MR) is 120 cm³/mol. The fourth-order valence-electron chi connectivity index (χ4n) is 3.17. The Balaban J connectivity index is 2.04. The van der Waals surface area contributed by atoms with E-state index in [4.69, 9.17) is 9.84 Å². The maximum Gasteiger partial charge on any atom is 0.416 e. The number of rotatable bonds is 7. The lowest BCUT2D eigenvalue weighted by molar-refractivity contribution is -0.137. The van der Waals surface area contributed by atoms with Crippen LogP contribution >= 0.6 is 0 Å². The normalized spacial score (nSPS) is 11.7. The number of hydrogen-bond donors (Lipinski definition) is 3. The summed E-state index contributed by atoms with van der Waals surface area (Å²) in [6, 6.07) is 5.55. The Hall–Kier alpha value is -4.07. The van der Waals surface area contributed by atoms with Gasteiger partial charge in [-0.15, -0.1) is 0 Å². The van der Waals surface area contributed by atoms with Gasteiger partial charge < -0.3 is 19.7 Å². The molecule has 0 bridgehead atoms. The summed E-state index contributed by atoms with van der Waals surface area (Å²) in [7, 11) is -2.87. The van der Waals surface area contributed by atoms with Crippen molar-refractivity contribution in [2.45, 2.75) is 13.1 Å². The van der Waals surface area contributed by atoms with Crippen LogP contribution in [0.2, 0.25) is 0 Å². The van der Waals surface area contributed by atoms with Gasteiger partial charge in [-0.25, -0.2) is 18.2 Å². The van der Waals surface area contributed by atoms with Gasteiger partial charge in [-0.1, -0.05) is 6.07 Å². The van der Waals surface area contributed by atoms with E-state index in [1.807, 2.05) is 4.72 Å². The summed E-state index contributed by atoms with van der Waals surface area (Å²) in [6.45, 7) is 1.70. The molecule has 3 aromatic rings. The number of carboxylic acids is 1. The van der Waals surface area contributed by atoms with Crippen LogP contribution in [0, 0.1) is 6.92 Å². The highest BCUT2D eigenvalue weighted by Gasteiger charge is 2.33. The average Bonchev–Trinajstić information content (AvgIpc) is 3.22. The predicted octanol–water partition coefficient (Wildman–Crippen LogP) is 3.53. The fourth-order valence-corrected chi connectivity index (χ4v) is 3.72. The first-order valence-electron chi connectivity index (χ1n) is 9.66. The highest BCUT2D eigenvalue weighted by Crippen LogP contribution is 2.41. The molecule has 0 aliphatic carbocycles. The monoisotopic (exact) mass is 512 g/mol. The highest BCUT2D eigenvalue weighted by molar-refractivity contribution is 7.92. The van der Waals surface area contributed by atoms with Crippen molar-refractivity contribution in [2.24, 2.45) is 0 Å². The number of carbonyl (C=O) groups excluding carboxylic acids is 1. The van der Waals surface area contributed by atoms with Crippen LogP contribution in [0.25, 0.3) is 5.69 Å². The third kappa shape index (κ3) is 5.90. The van der Waals surface area contributed by atoms with Crippen molar-refractivity contribution in [3.05, 3.63) is 65.2 Å². The zero-order valence-electron chi connectivity index (χ0n) is 18.5. The molecule has 0 aliphatic heterocycles. The van der Waals surface area contributed by atoms with Gasteiger partial charge in [0.15, 0.2) is 11.4 Å². The summed E-state index contributed by atoms with van der Waals surface area (Å²) in [4.78, 5) is 27.8. The third-order valence-corrected chi connectivity index (χ3v) is 5.31. The van der Waals surface area contributed by atoms with Gasteiger partial charge in [0.05, 0.1) is 36.0 Å². The minimum Gasteiger partial charge on any atom is -0.492 e. The maximum absolute atomic E-state index is 13.4. The minimum atomic E-state index is -4.85. The molecule has 0 saturated heterocycles. The van der Waals surface area contributed by atoms with Crippen molar-refractivity contribution in [2.75, 3.05) is 23.4 Å². The SMILES string of the molecule is COc1c(NC(=O)c2ccc(C)c(-n3cnc(C(=O)O)c3)c2)cc(C(F)(F)F)cc1NS(C)(=O)=O. The number of methoxy groups -OCH3 is 1. The van der Waals surface area contributed by atoms with Crippen molar-refractivity contribution >= 4 is 33.3 Å². The van der Waals surface area contributed by atoms with Crippen LogP contribution in [-0.2, 0) is 16.2 Å². The average molecular weight is 512 g/mol. The summed E-state index contributed by atoms with van der Waals surface area (Å²) >= 11 is 0. The van der Waals surface area contributed by atoms with Crippen LogP contribution in [0.5, 0.6) is 5.75 Å². The molecule has 3 rings (SSSR count). The number of imidazole rings is 1. The van der Waals surface area contributed by atoms with E-state index in [9.17, 15) is 31.2 Å². The van der Waals surface area contributed by atoms with E-state index in [2.05, 4.69) is 10.3 Å². The number of carboxylic acid groups (broad SMARTS) is 1. The molecule has 0 radical (unpaired) electrons. The van der Waals surface area contributed by atoms with Crippen LogP contribution in [0.15, 0.2) is 42.9 Å². The van der Waals surface area contributed by atoms with Gasteiger partial charge in [-0.05, 0) is 36.8 Å². The molecular weight excluding hydrogens is 493 g/mol.